The summed E-state index contributed by atoms with van der Waals surface area (Å²) in [5.74, 6) is 6.54. The number of nitrogens with two attached hydrogens (primary N) is 1. The Morgan fingerprint density at radius 3 is 2.47 bits per heavy atom. The van der Waals surface area contributed by atoms with Crippen LogP contribution in [0.15, 0.2) is 0 Å². The fraction of sp³-hybridized carbons (Fsp3) is 1.00. The van der Waals surface area contributed by atoms with Gasteiger partial charge in [0, 0.05) is 12.6 Å². The summed E-state index contributed by atoms with van der Waals surface area (Å²) in [4.78, 5) is 0. The van der Waals surface area contributed by atoms with Crippen LogP contribution in [0.1, 0.15) is 51.4 Å². The zero-order valence-corrected chi connectivity index (χ0v) is 9.58. The SMILES string of the molecule is NNC(CC1CCCC1)C1CCCCO1. The average molecular weight is 212 g/mol. The normalized spacial score (nSPS) is 30.6. The molecule has 0 bridgehead atoms. The minimum absolute atomic E-state index is 0.365. The highest BCUT2D eigenvalue weighted by Gasteiger charge is 2.27. The van der Waals surface area contributed by atoms with Crippen LogP contribution in [0.25, 0.3) is 0 Å². The van der Waals surface area contributed by atoms with Crippen molar-refractivity contribution in [1.29, 1.82) is 0 Å². The zero-order chi connectivity index (χ0) is 10.5. The first-order valence-corrected chi connectivity index (χ1v) is 6.48. The van der Waals surface area contributed by atoms with Crippen LogP contribution in [0.4, 0.5) is 0 Å². The van der Waals surface area contributed by atoms with Crippen LogP contribution in [0.3, 0.4) is 0 Å². The van der Waals surface area contributed by atoms with Gasteiger partial charge in [0.2, 0.25) is 0 Å². The van der Waals surface area contributed by atoms with Gasteiger partial charge in [-0.25, -0.2) is 0 Å². The summed E-state index contributed by atoms with van der Waals surface area (Å²) >= 11 is 0. The maximum absolute atomic E-state index is 5.80. The van der Waals surface area contributed by atoms with E-state index >= 15 is 0 Å². The number of nitrogens with one attached hydrogen (secondary N) is 1. The van der Waals surface area contributed by atoms with Gasteiger partial charge in [-0.3, -0.25) is 11.3 Å². The standard InChI is InChI=1S/C12H24N2O/c13-14-11(9-10-5-1-2-6-10)12-7-3-4-8-15-12/h10-12,14H,1-9,13H2. The Bertz CT molecular complexity index is 174. The number of hydrogen-bond donors (Lipinski definition) is 2. The summed E-state index contributed by atoms with van der Waals surface area (Å²) in [6, 6.07) is 0.383. The minimum Gasteiger partial charge on any atom is -0.377 e. The first kappa shape index (κ1) is 11.4. The maximum Gasteiger partial charge on any atom is 0.0741 e. The summed E-state index contributed by atoms with van der Waals surface area (Å²) in [5, 5.41) is 0. The Morgan fingerprint density at radius 1 is 1.13 bits per heavy atom. The van der Waals surface area contributed by atoms with Gasteiger partial charge >= 0.3 is 0 Å². The molecule has 0 amide bonds. The fourth-order valence-electron chi connectivity index (χ4n) is 3.02. The number of rotatable bonds is 4. The van der Waals surface area contributed by atoms with E-state index in [9.17, 15) is 0 Å². The van der Waals surface area contributed by atoms with E-state index in [1.165, 1.54) is 51.4 Å². The lowest BCUT2D eigenvalue weighted by atomic mass is 9.92. The first-order valence-electron chi connectivity index (χ1n) is 6.48. The van der Waals surface area contributed by atoms with E-state index in [2.05, 4.69) is 5.43 Å². The van der Waals surface area contributed by atoms with Crippen LogP contribution in [0.2, 0.25) is 0 Å². The molecule has 88 valence electrons. The first-order chi connectivity index (χ1) is 7.40. The Balaban J connectivity index is 1.79. The zero-order valence-electron chi connectivity index (χ0n) is 9.58. The summed E-state index contributed by atoms with van der Waals surface area (Å²) in [7, 11) is 0. The van der Waals surface area contributed by atoms with Gasteiger partial charge in [-0.1, -0.05) is 25.7 Å². The van der Waals surface area contributed by atoms with E-state index in [0.717, 1.165) is 12.5 Å². The van der Waals surface area contributed by atoms with Crippen molar-refractivity contribution >= 4 is 0 Å². The van der Waals surface area contributed by atoms with Gasteiger partial charge in [0.05, 0.1) is 6.10 Å². The predicted octanol–water partition coefficient (Wildman–Crippen LogP) is 1.97. The van der Waals surface area contributed by atoms with Crippen LogP contribution in [0, 0.1) is 5.92 Å². The quantitative estimate of drug-likeness (QED) is 0.553. The van der Waals surface area contributed by atoms with Gasteiger partial charge in [-0.2, -0.15) is 0 Å². The molecule has 3 heteroatoms. The van der Waals surface area contributed by atoms with Crippen molar-refractivity contribution in [2.24, 2.45) is 11.8 Å². The largest absolute Gasteiger partial charge is 0.377 e. The molecule has 1 heterocycles. The summed E-state index contributed by atoms with van der Waals surface area (Å²) in [6.45, 7) is 0.924. The van der Waals surface area contributed by atoms with Gasteiger partial charge in [0.1, 0.15) is 0 Å². The molecule has 3 N–H and O–H groups in total. The number of hydrazine groups is 1. The molecule has 1 aliphatic heterocycles. The van der Waals surface area contributed by atoms with Gasteiger partial charge in [0.15, 0.2) is 0 Å². The molecule has 3 nitrogen and oxygen atoms in total. The lowest BCUT2D eigenvalue weighted by Crippen LogP contribution is -2.47. The summed E-state index contributed by atoms with van der Waals surface area (Å²) in [5.41, 5.74) is 2.97. The molecule has 2 unspecified atom stereocenters. The van der Waals surface area contributed by atoms with E-state index in [-0.39, 0.29) is 0 Å². The summed E-state index contributed by atoms with van der Waals surface area (Å²) < 4.78 is 5.80. The van der Waals surface area contributed by atoms with E-state index in [4.69, 9.17) is 10.6 Å². The molecule has 1 saturated heterocycles. The van der Waals surface area contributed by atoms with Crippen LogP contribution < -0.4 is 11.3 Å². The predicted molar refractivity (Wildman–Crippen MR) is 61.3 cm³/mol. The van der Waals surface area contributed by atoms with Crippen molar-refractivity contribution in [3.63, 3.8) is 0 Å². The Kier molecular flexibility index (Phi) is 4.42. The monoisotopic (exact) mass is 212 g/mol. The molecule has 2 rings (SSSR count). The Morgan fingerprint density at radius 2 is 1.87 bits per heavy atom. The number of ether oxygens (including phenoxy) is 1. The van der Waals surface area contributed by atoms with Crippen LogP contribution in [-0.4, -0.2) is 18.8 Å². The van der Waals surface area contributed by atoms with Crippen molar-refractivity contribution in [2.75, 3.05) is 6.61 Å². The van der Waals surface area contributed by atoms with Crippen LogP contribution in [0.5, 0.6) is 0 Å². The van der Waals surface area contributed by atoms with Crippen molar-refractivity contribution in [3.05, 3.63) is 0 Å². The van der Waals surface area contributed by atoms with Crippen molar-refractivity contribution in [1.82, 2.24) is 5.43 Å². The molecule has 2 aliphatic rings. The molecule has 2 fully saturated rings. The lowest BCUT2D eigenvalue weighted by Gasteiger charge is -2.31. The highest BCUT2D eigenvalue weighted by molar-refractivity contribution is 4.82. The third-order valence-electron chi connectivity index (χ3n) is 3.94. The highest BCUT2D eigenvalue weighted by Crippen LogP contribution is 2.30. The Labute approximate surface area is 92.7 Å². The fourth-order valence-corrected chi connectivity index (χ4v) is 3.02. The second-order valence-corrected chi connectivity index (χ2v) is 5.06. The van der Waals surface area contributed by atoms with Crippen molar-refractivity contribution < 1.29 is 4.74 Å². The second kappa shape index (κ2) is 5.83. The lowest BCUT2D eigenvalue weighted by molar-refractivity contribution is -0.0125. The smallest absolute Gasteiger partial charge is 0.0741 e. The molecular weight excluding hydrogens is 188 g/mol. The molecule has 1 aliphatic carbocycles. The minimum atomic E-state index is 0.365. The topological polar surface area (TPSA) is 47.3 Å². The summed E-state index contributed by atoms with van der Waals surface area (Å²) in [6.07, 6.45) is 10.9. The molecule has 2 atom stereocenters. The molecule has 0 radical (unpaired) electrons. The van der Waals surface area contributed by atoms with E-state index in [1.807, 2.05) is 0 Å². The van der Waals surface area contributed by atoms with E-state index in [0.29, 0.717) is 12.1 Å². The molecule has 0 aromatic carbocycles. The maximum atomic E-state index is 5.80. The number of hydrogen-bond acceptors (Lipinski definition) is 3. The van der Waals surface area contributed by atoms with Gasteiger partial charge in [-0.15, -0.1) is 0 Å². The molecule has 0 spiro atoms. The third kappa shape index (κ3) is 3.16. The van der Waals surface area contributed by atoms with Crippen LogP contribution in [-0.2, 0) is 4.74 Å². The van der Waals surface area contributed by atoms with E-state index < -0.39 is 0 Å². The molecule has 0 aromatic rings. The third-order valence-corrected chi connectivity index (χ3v) is 3.94. The van der Waals surface area contributed by atoms with Gasteiger partial charge < -0.3 is 4.74 Å². The second-order valence-electron chi connectivity index (χ2n) is 5.06. The van der Waals surface area contributed by atoms with Crippen molar-refractivity contribution in [3.8, 4) is 0 Å². The highest BCUT2D eigenvalue weighted by atomic mass is 16.5. The molecule has 0 aromatic heterocycles. The molecular formula is C12H24N2O. The average Bonchev–Trinajstić information content (AvgIpc) is 2.80. The van der Waals surface area contributed by atoms with Gasteiger partial charge in [0.25, 0.3) is 0 Å². The molecule has 15 heavy (non-hydrogen) atoms. The van der Waals surface area contributed by atoms with Gasteiger partial charge in [-0.05, 0) is 31.6 Å². The Hall–Kier alpha value is -0.120. The van der Waals surface area contributed by atoms with E-state index in [1.54, 1.807) is 0 Å². The van der Waals surface area contributed by atoms with Crippen molar-refractivity contribution in [2.45, 2.75) is 63.5 Å². The van der Waals surface area contributed by atoms with Crippen LogP contribution >= 0.6 is 0 Å². The molecule has 1 saturated carbocycles.